The molecule has 0 spiro atoms. The van der Waals surface area contributed by atoms with Crippen molar-refractivity contribution in [2.24, 2.45) is 7.05 Å². The number of para-hydroxylation sites is 2. The predicted molar refractivity (Wildman–Crippen MR) is 70.8 cm³/mol. The standard InChI is InChI=1S/C13H18N4/c1-3-17(10-11-8-9-16(2)15-11)13-7-5-4-6-12(13)14/h4-9H,3,10,14H2,1-2H3. The van der Waals surface area contributed by atoms with Gasteiger partial charge in [0.05, 0.1) is 23.6 Å². The van der Waals surface area contributed by atoms with Gasteiger partial charge in [-0.15, -0.1) is 0 Å². The van der Waals surface area contributed by atoms with Crippen molar-refractivity contribution in [3.63, 3.8) is 0 Å². The first-order chi connectivity index (χ1) is 8.20. The Hall–Kier alpha value is -1.97. The fourth-order valence-electron chi connectivity index (χ4n) is 1.89. The van der Waals surface area contributed by atoms with Crippen LogP contribution in [0.4, 0.5) is 11.4 Å². The summed E-state index contributed by atoms with van der Waals surface area (Å²) in [5, 5.41) is 4.39. The van der Waals surface area contributed by atoms with Crippen molar-refractivity contribution in [1.29, 1.82) is 0 Å². The van der Waals surface area contributed by atoms with Gasteiger partial charge in [-0.2, -0.15) is 5.10 Å². The molecule has 0 atom stereocenters. The molecule has 0 fully saturated rings. The van der Waals surface area contributed by atoms with E-state index in [2.05, 4.69) is 16.9 Å². The van der Waals surface area contributed by atoms with E-state index >= 15 is 0 Å². The summed E-state index contributed by atoms with van der Waals surface area (Å²) in [4.78, 5) is 2.22. The Balaban J connectivity index is 2.20. The van der Waals surface area contributed by atoms with Crippen LogP contribution >= 0.6 is 0 Å². The number of anilines is 2. The molecule has 4 nitrogen and oxygen atoms in total. The molecule has 0 radical (unpaired) electrons. The number of nitrogens with zero attached hydrogens (tertiary/aromatic N) is 3. The predicted octanol–water partition coefficient (Wildman–Crippen LogP) is 2.03. The van der Waals surface area contributed by atoms with E-state index in [4.69, 9.17) is 5.73 Å². The topological polar surface area (TPSA) is 47.1 Å². The van der Waals surface area contributed by atoms with Crippen LogP contribution < -0.4 is 10.6 Å². The average molecular weight is 230 g/mol. The molecular weight excluding hydrogens is 212 g/mol. The number of hydrogen-bond donors (Lipinski definition) is 1. The summed E-state index contributed by atoms with van der Waals surface area (Å²) in [6.07, 6.45) is 1.96. The number of hydrogen-bond acceptors (Lipinski definition) is 3. The largest absolute Gasteiger partial charge is 0.397 e. The van der Waals surface area contributed by atoms with Crippen LogP contribution in [-0.4, -0.2) is 16.3 Å². The molecule has 0 bridgehead atoms. The van der Waals surface area contributed by atoms with Gasteiger partial charge in [-0.05, 0) is 25.1 Å². The molecule has 1 aromatic carbocycles. The fraction of sp³-hybridized carbons (Fsp3) is 0.308. The van der Waals surface area contributed by atoms with E-state index in [1.54, 1.807) is 0 Å². The molecule has 0 amide bonds. The number of aromatic nitrogens is 2. The lowest BCUT2D eigenvalue weighted by Crippen LogP contribution is -2.23. The van der Waals surface area contributed by atoms with Crippen LogP contribution in [0, 0.1) is 0 Å². The van der Waals surface area contributed by atoms with Crippen molar-refractivity contribution < 1.29 is 0 Å². The van der Waals surface area contributed by atoms with Gasteiger partial charge in [0, 0.05) is 19.8 Å². The molecule has 0 aliphatic carbocycles. The highest BCUT2D eigenvalue weighted by atomic mass is 15.3. The zero-order valence-corrected chi connectivity index (χ0v) is 10.3. The lowest BCUT2D eigenvalue weighted by Gasteiger charge is -2.23. The fourth-order valence-corrected chi connectivity index (χ4v) is 1.89. The van der Waals surface area contributed by atoms with Crippen molar-refractivity contribution >= 4 is 11.4 Å². The minimum Gasteiger partial charge on any atom is -0.397 e. The van der Waals surface area contributed by atoms with Crippen LogP contribution in [0.3, 0.4) is 0 Å². The first-order valence-electron chi connectivity index (χ1n) is 5.78. The summed E-state index contributed by atoms with van der Waals surface area (Å²) in [5.41, 5.74) is 8.92. The molecule has 0 aliphatic rings. The second-order valence-corrected chi connectivity index (χ2v) is 4.05. The number of nitrogens with two attached hydrogens (primary N) is 1. The maximum Gasteiger partial charge on any atom is 0.0817 e. The van der Waals surface area contributed by atoms with Crippen LogP contribution in [-0.2, 0) is 13.6 Å². The molecular formula is C13H18N4. The minimum atomic E-state index is 0.783. The Morgan fingerprint density at radius 2 is 2.06 bits per heavy atom. The van der Waals surface area contributed by atoms with E-state index in [9.17, 15) is 0 Å². The first-order valence-corrected chi connectivity index (χ1v) is 5.78. The van der Waals surface area contributed by atoms with Crippen molar-refractivity contribution in [3.8, 4) is 0 Å². The third-order valence-electron chi connectivity index (χ3n) is 2.78. The summed E-state index contributed by atoms with van der Waals surface area (Å²) < 4.78 is 1.82. The van der Waals surface area contributed by atoms with Gasteiger partial charge in [0.25, 0.3) is 0 Å². The average Bonchev–Trinajstić information content (AvgIpc) is 2.73. The maximum absolute atomic E-state index is 5.99. The van der Waals surface area contributed by atoms with Crippen molar-refractivity contribution in [2.75, 3.05) is 17.2 Å². The summed E-state index contributed by atoms with van der Waals surface area (Å²) in [5.74, 6) is 0. The van der Waals surface area contributed by atoms with Gasteiger partial charge in [0.1, 0.15) is 0 Å². The molecule has 90 valence electrons. The molecule has 2 rings (SSSR count). The van der Waals surface area contributed by atoms with E-state index in [-0.39, 0.29) is 0 Å². The van der Waals surface area contributed by atoms with Gasteiger partial charge in [-0.25, -0.2) is 0 Å². The lowest BCUT2D eigenvalue weighted by molar-refractivity contribution is 0.723. The van der Waals surface area contributed by atoms with E-state index in [1.165, 1.54) is 0 Å². The number of benzene rings is 1. The van der Waals surface area contributed by atoms with Crippen LogP contribution in [0.1, 0.15) is 12.6 Å². The Morgan fingerprint density at radius 3 is 2.65 bits per heavy atom. The zero-order chi connectivity index (χ0) is 12.3. The van der Waals surface area contributed by atoms with Gasteiger partial charge in [-0.3, -0.25) is 4.68 Å². The smallest absolute Gasteiger partial charge is 0.0817 e. The highest BCUT2D eigenvalue weighted by Crippen LogP contribution is 2.23. The highest BCUT2D eigenvalue weighted by molar-refractivity contribution is 5.67. The Bertz CT molecular complexity index is 490. The maximum atomic E-state index is 5.99. The monoisotopic (exact) mass is 230 g/mol. The molecule has 2 N–H and O–H groups in total. The Labute approximate surface area is 102 Å². The van der Waals surface area contributed by atoms with E-state index in [1.807, 2.05) is 48.3 Å². The minimum absolute atomic E-state index is 0.783. The van der Waals surface area contributed by atoms with E-state index in [0.29, 0.717) is 0 Å². The summed E-state index contributed by atoms with van der Waals surface area (Å²) in [6.45, 7) is 3.81. The third kappa shape index (κ3) is 2.58. The van der Waals surface area contributed by atoms with Gasteiger partial charge in [0.15, 0.2) is 0 Å². The molecule has 4 heteroatoms. The summed E-state index contributed by atoms with van der Waals surface area (Å²) >= 11 is 0. The molecule has 0 saturated heterocycles. The van der Waals surface area contributed by atoms with Crippen LogP contribution in [0.5, 0.6) is 0 Å². The van der Waals surface area contributed by atoms with Crippen molar-refractivity contribution in [3.05, 3.63) is 42.2 Å². The third-order valence-corrected chi connectivity index (χ3v) is 2.78. The summed E-state index contributed by atoms with van der Waals surface area (Å²) in [7, 11) is 1.93. The number of nitrogen functional groups attached to an aromatic ring is 1. The van der Waals surface area contributed by atoms with E-state index in [0.717, 1.165) is 30.2 Å². The van der Waals surface area contributed by atoms with Gasteiger partial charge >= 0.3 is 0 Å². The molecule has 0 aliphatic heterocycles. The quantitative estimate of drug-likeness (QED) is 0.817. The van der Waals surface area contributed by atoms with Gasteiger partial charge < -0.3 is 10.6 Å². The molecule has 2 aromatic rings. The van der Waals surface area contributed by atoms with Crippen molar-refractivity contribution in [1.82, 2.24) is 9.78 Å². The summed E-state index contributed by atoms with van der Waals surface area (Å²) in [6, 6.07) is 9.96. The molecule has 0 saturated carbocycles. The normalized spacial score (nSPS) is 10.5. The Morgan fingerprint density at radius 1 is 1.29 bits per heavy atom. The van der Waals surface area contributed by atoms with E-state index < -0.39 is 0 Å². The highest BCUT2D eigenvalue weighted by Gasteiger charge is 2.09. The zero-order valence-electron chi connectivity index (χ0n) is 10.3. The van der Waals surface area contributed by atoms with Gasteiger partial charge in [0.2, 0.25) is 0 Å². The van der Waals surface area contributed by atoms with Crippen LogP contribution in [0.25, 0.3) is 0 Å². The molecule has 1 aromatic heterocycles. The van der Waals surface area contributed by atoms with Crippen LogP contribution in [0.15, 0.2) is 36.5 Å². The molecule has 17 heavy (non-hydrogen) atoms. The number of rotatable bonds is 4. The SMILES string of the molecule is CCN(Cc1ccn(C)n1)c1ccccc1N. The number of aryl methyl sites for hydroxylation is 1. The lowest BCUT2D eigenvalue weighted by atomic mass is 10.2. The molecule has 1 heterocycles. The first kappa shape index (κ1) is 11.5. The Kier molecular flexibility index (Phi) is 3.32. The van der Waals surface area contributed by atoms with Gasteiger partial charge in [-0.1, -0.05) is 12.1 Å². The second kappa shape index (κ2) is 4.91. The van der Waals surface area contributed by atoms with Crippen LogP contribution in [0.2, 0.25) is 0 Å². The second-order valence-electron chi connectivity index (χ2n) is 4.05. The van der Waals surface area contributed by atoms with Crippen molar-refractivity contribution in [2.45, 2.75) is 13.5 Å². The molecule has 0 unspecified atom stereocenters.